The quantitative estimate of drug-likeness (QED) is 0.726. The molecule has 0 fully saturated rings. The lowest BCUT2D eigenvalue weighted by Crippen LogP contribution is -2.12. The molecule has 1 aromatic heterocycles. The standard InChI is InChI=1S/C18H26N4/c1-14(2)13-20-17-12-15(3)21-18(22-17)19-11-7-10-16-8-5-4-6-9-16/h4-6,8-9,12,14H,7,10-11,13H2,1-3H3,(H2,19,20,21,22). The van der Waals surface area contributed by atoms with Crippen LogP contribution in [-0.4, -0.2) is 23.1 Å². The Labute approximate surface area is 133 Å². The highest BCUT2D eigenvalue weighted by Crippen LogP contribution is 2.10. The smallest absolute Gasteiger partial charge is 0.224 e. The van der Waals surface area contributed by atoms with Gasteiger partial charge in [0.15, 0.2) is 0 Å². The molecular formula is C18H26N4. The van der Waals surface area contributed by atoms with Crippen LogP contribution in [0.4, 0.5) is 11.8 Å². The van der Waals surface area contributed by atoms with Crippen molar-refractivity contribution in [1.29, 1.82) is 0 Å². The van der Waals surface area contributed by atoms with Gasteiger partial charge in [-0.1, -0.05) is 44.2 Å². The zero-order valence-electron chi connectivity index (χ0n) is 13.8. The van der Waals surface area contributed by atoms with Crippen molar-refractivity contribution in [2.24, 2.45) is 5.92 Å². The number of nitrogens with one attached hydrogen (secondary N) is 2. The molecule has 0 spiro atoms. The molecule has 0 atom stereocenters. The van der Waals surface area contributed by atoms with Crippen molar-refractivity contribution < 1.29 is 0 Å². The molecule has 0 aliphatic heterocycles. The number of hydrogen-bond acceptors (Lipinski definition) is 4. The number of rotatable bonds is 8. The van der Waals surface area contributed by atoms with Gasteiger partial charge in [0.1, 0.15) is 5.82 Å². The largest absolute Gasteiger partial charge is 0.370 e. The van der Waals surface area contributed by atoms with Gasteiger partial charge in [-0.2, -0.15) is 4.98 Å². The highest BCUT2D eigenvalue weighted by Gasteiger charge is 2.02. The van der Waals surface area contributed by atoms with Gasteiger partial charge in [0.25, 0.3) is 0 Å². The fourth-order valence-corrected chi connectivity index (χ4v) is 2.18. The third-order valence-electron chi connectivity index (χ3n) is 3.31. The van der Waals surface area contributed by atoms with Gasteiger partial charge in [-0.25, -0.2) is 4.98 Å². The highest BCUT2D eigenvalue weighted by molar-refractivity contribution is 5.42. The van der Waals surface area contributed by atoms with E-state index in [1.807, 2.05) is 19.1 Å². The van der Waals surface area contributed by atoms with E-state index in [1.165, 1.54) is 5.56 Å². The molecule has 1 heterocycles. The first kappa shape index (κ1) is 16.3. The van der Waals surface area contributed by atoms with Crippen molar-refractivity contribution in [2.75, 3.05) is 23.7 Å². The summed E-state index contributed by atoms with van der Waals surface area (Å²) in [6, 6.07) is 12.5. The predicted molar refractivity (Wildman–Crippen MR) is 93.3 cm³/mol. The maximum Gasteiger partial charge on any atom is 0.224 e. The Bertz CT molecular complexity index is 567. The van der Waals surface area contributed by atoms with Crippen LogP contribution < -0.4 is 10.6 Å². The summed E-state index contributed by atoms with van der Waals surface area (Å²) in [6.45, 7) is 8.16. The third-order valence-corrected chi connectivity index (χ3v) is 3.31. The number of aryl methyl sites for hydroxylation is 2. The van der Waals surface area contributed by atoms with Gasteiger partial charge in [0.05, 0.1) is 0 Å². The van der Waals surface area contributed by atoms with Crippen molar-refractivity contribution in [3.8, 4) is 0 Å². The lowest BCUT2D eigenvalue weighted by molar-refractivity contribution is 0.686. The molecule has 1 aromatic carbocycles. The number of benzene rings is 1. The SMILES string of the molecule is Cc1cc(NCC(C)C)nc(NCCCc2ccccc2)n1. The second kappa shape index (κ2) is 8.37. The maximum atomic E-state index is 4.52. The maximum absolute atomic E-state index is 4.52. The first-order chi connectivity index (χ1) is 10.6. The Kier molecular flexibility index (Phi) is 6.19. The number of aromatic nitrogens is 2. The fraction of sp³-hybridized carbons (Fsp3) is 0.444. The van der Waals surface area contributed by atoms with Crippen molar-refractivity contribution in [2.45, 2.75) is 33.6 Å². The van der Waals surface area contributed by atoms with Crippen LogP contribution in [0.3, 0.4) is 0 Å². The second-order valence-corrected chi connectivity index (χ2v) is 6.01. The summed E-state index contributed by atoms with van der Waals surface area (Å²) >= 11 is 0. The Morgan fingerprint density at radius 1 is 1.05 bits per heavy atom. The topological polar surface area (TPSA) is 49.8 Å². The van der Waals surface area contributed by atoms with Crippen LogP contribution >= 0.6 is 0 Å². The summed E-state index contributed by atoms with van der Waals surface area (Å²) in [7, 11) is 0. The number of nitrogens with zero attached hydrogens (tertiary/aromatic N) is 2. The van der Waals surface area contributed by atoms with Crippen LogP contribution in [0.5, 0.6) is 0 Å². The first-order valence-corrected chi connectivity index (χ1v) is 8.01. The molecule has 2 N–H and O–H groups in total. The van der Waals surface area contributed by atoms with E-state index in [-0.39, 0.29) is 0 Å². The van der Waals surface area contributed by atoms with Crippen LogP contribution in [0.1, 0.15) is 31.5 Å². The van der Waals surface area contributed by atoms with Gasteiger partial charge in [0.2, 0.25) is 5.95 Å². The second-order valence-electron chi connectivity index (χ2n) is 6.01. The summed E-state index contributed by atoms with van der Waals surface area (Å²) in [5, 5.41) is 6.67. The van der Waals surface area contributed by atoms with E-state index in [0.717, 1.165) is 37.4 Å². The lowest BCUT2D eigenvalue weighted by atomic mass is 10.1. The van der Waals surface area contributed by atoms with E-state index in [9.17, 15) is 0 Å². The zero-order valence-corrected chi connectivity index (χ0v) is 13.8. The molecule has 4 nitrogen and oxygen atoms in total. The van der Waals surface area contributed by atoms with Gasteiger partial charge in [-0.15, -0.1) is 0 Å². The summed E-state index contributed by atoms with van der Waals surface area (Å²) in [4.78, 5) is 8.96. The van der Waals surface area contributed by atoms with Crippen LogP contribution in [0.15, 0.2) is 36.4 Å². The minimum atomic E-state index is 0.595. The average Bonchev–Trinajstić information content (AvgIpc) is 2.50. The Morgan fingerprint density at radius 3 is 2.55 bits per heavy atom. The minimum Gasteiger partial charge on any atom is -0.370 e. The fourth-order valence-electron chi connectivity index (χ4n) is 2.18. The molecule has 0 saturated heterocycles. The molecular weight excluding hydrogens is 272 g/mol. The van der Waals surface area contributed by atoms with Crippen LogP contribution in [-0.2, 0) is 6.42 Å². The van der Waals surface area contributed by atoms with Crippen molar-refractivity contribution >= 4 is 11.8 Å². The minimum absolute atomic E-state index is 0.595. The van der Waals surface area contributed by atoms with Crippen LogP contribution in [0.2, 0.25) is 0 Å². The molecule has 0 aliphatic carbocycles. The molecule has 0 amide bonds. The van der Waals surface area contributed by atoms with Gasteiger partial charge < -0.3 is 10.6 Å². The van der Waals surface area contributed by atoms with E-state index < -0.39 is 0 Å². The number of hydrogen-bond donors (Lipinski definition) is 2. The molecule has 0 aliphatic rings. The summed E-state index contributed by atoms with van der Waals surface area (Å²) < 4.78 is 0. The molecule has 0 saturated carbocycles. The van der Waals surface area contributed by atoms with Crippen LogP contribution in [0.25, 0.3) is 0 Å². The molecule has 0 bridgehead atoms. The molecule has 22 heavy (non-hydrogen) atoms. The molecule has 2 aromatic rings. The van der Waals surface area contributed by atoms with Gasteiger partial charge >= 0.3 is 0 Å². The Balaban J connectivity index is 1.81. The van der Waals surface area contributed by atoms with E-state index in [0.29, 0.717) is 11.9 Å². The lowest BCUT2D eigenvalue weighted by Gasteiger charge is -2.11. The first-order valence-electron chi connectivity index (χ1n) is 8.01. The third kappa shape index (κ3) is 5.72. The monoisotopic (exact) mass is 298 g/mol. The normalized spacial score (nSPS) is 10.7. The highest BCUT2D eigenvalue weighted by atomic mass is 15.1. The molecule has 118 valence electrons. The average molecular weight is 298 g/mol. The van der Waals surface area contributed by atoms with Crippen molar-refractivity contribution in [3.63, 3.8) is 0 Å². The summed E-state index contributed by atoms with van der Waals surface area (Å²) in [5.74, 6) is 2.20. The molecule has 4 heteroatoms. The van der Waals surface area contributed by atoms with Crippen LogP contribution in [0, 0.1) is 12.8 Å². The molecule has 0 radical (unpaired) electrons. The predicted octanol–water partition coefficient (Wildman–Crippen LogP) is 3.90. The Morgan fingerprint density at radius 2 is 1.82 bits per heavy atom. The van der Waals surface area contributed by atoms with Gasteiger partial charge in [-0.3, -0.25) is 0 Å². The van der Waals surface area contributed by atoms with E-state index >= 15 is 0 Å². The number of anilines is 2. The molecule has 2 rings (SSSR count). The van der Waals surface area contributed by atoms with E-state index in [2.05, 4.69) is 58.7 Å². The van der Waals surface area contributed by atoms with Crippen molar-refractivity contribution in [3.05, 3.63) is 47.7 Å². The van der Waals surface area contributed by atoms with Gasteiger partial charge in [0, 0.05) is 24.8 Å². The molecule has 0 unspecified atom stereocenters. The zero-order chi connectivity index (χ0) is 15.8. The summed E-state index contributed by atoms with van der Waals surface area (Å²) in [5.41, 5.74) is 2.35. The summed E-state index contributed by atoms with van der Waals surface area (Å²) in [6.07, 6.45) is 2.13. The van der Waals surface area contributed by atoms with E-state index in [1.54, 1.807) is 0 Å². The Hall–Kier alpha value is -2.10. The van der Waals surface area contributed by atoms with Crippen molar-refractivity contribution in [1.82, 2.24) is 9.97 Å². The van der Waals surface area contributed by atoms with Gasteiger partial charge in [-0.05, 0) is 31.2 Å². The van der Waals surface area contributed by atoms with E-state index in [4.69, 9.17) is 0 Å².